The molecular weight excluding hydrogens is 232 g/mol. The third-order valence-electron chi connectivity index (χ3n) is 2.84. The van der Waals surface area contributed by atoms with Gasteiger partial charge in [-0.05, 0) is 31.9 Å². The fraction of sp³-hybridized carbons (Fsp3) is 0.636. The lowest BCUT2D eigenvalue weighted by Crippen LogP contribution is -2.11. The number of rotatable bonds is 2. The summed E-state index contributed by atoms with van der Waals surface area (Å²) in [6, 6.07) is 1.97. The summed E-state index contributed by atoms with van der Waals surface area (Å²) in [7, 11) is 0. The number of hydrogen-bond acceptors (Lipinski definition) is 3. The second kappa shape index (κ2) is 4.42. The van der Waals surface area contributed by atoms with Crippen molar-refractivity contribution >= 4 is 22.9 Å². The predicted molar refractivity (Wildman–Crippen MR) is 62.5 cm³/mol. The van der Waals surface area contributed by atoms with Crippen molar-refractivity contribution in [2.75, 3.05) is 6.61 Å². The van der Waals surface area contributed by atoms with Crippen LogP contribution in [0.2, 0.25) is 4.34 Å². The molecule has 2 rings (SSSR count). The van der Waals surface area contributed by atoms with E-state index < -0.39 is 6.10 Å². The molecule has 15 heavy (non-hydrogen) atoms. The van der Waals surface area contributed by atoms with Crippen LogP contribution in [0.25, 0.3) is 0 Å². The zero-order chi connectivity index (χ0) is 11.0. The van der Waals surface area contributed by atoms with Crippen LogP contribution in [0.3, 0.4) is 0 Å². The summed E-state index contributed by atoms with van der Waals surface area (Å²) in [6.45, 7) is 4.65. The van der Waals surface area contributed by atoms with Crippen molar-refractivity contribution in [3.05, 3.63) is 20.8 Å². The maximum atomic E-state index is 10.1. The van der Waals surface area contributed by atoms with Crippen molar-refractivity contribution in [3.63, 3.8) is 0 Å². The molecule has 0 spiro atoms. The average Bonchev–Trinajstić information content (AvgIpc) is 2.74. The first kappa shape index (κ1) is 11.4. The Balaban J connectivity index is 2.10. The van der Waals surface area contributed by atoms with E-state index in [0.29, 0.717) is 6.61 Å². The van der Waals surface area contributed by atoms with Gasteiger partial charge in [-0.1, -0.05) is 11.6 Å². The van der Waals surface area contributed by atoms with Crippen molar-refractivity contribution in [3.8, 4) is 0 Å². The van der Waals surface area contributed by atoms with Crippen molar-refractivity contribution in [1.29, 1.82) is 0 Å². The second-order valence-corrected chi connectivity index (χ2v) is 5.88. The van der Waals surface area contributed by atoms with E-state index in [-0.39, 0.29) is 12.0 Å². The van der Waals surface area contributed by atoms with Gasteiger partial charge in [-0.25, -0.2) is 0 Å². The topological polar surface area (TPSA) is 29.5 Å². The lowest BCUT2D eigenvalue weighted by Gasteiger charge is -2.14. The Morgan fingerprint density at radius 1 is 1.67 bits per heavy atom. The van der Waals surface area contributed by atoms with E-state index in [9.17, 15) is 5.11 Å². The van der Waals surface area contributed by atoms with Crippen LogP contribution in [0.15, 0.2) is 6.07 Å². The van der Waals surface area contributed by atoms with E-state index in [1.165, 1.54) is 11.3 Å². The molecule has 1 fully saturated rings. The van der Waals surface area contributed by atoms with Gasteiger partial charge in [0.05, 0.1) is 23.2 Å². The first-order valence-electron chi connectivity index (χ1n) is 5.13. The molecule has 0 radical (unpaired) electrons. The highest BCUT2D eigenvalue weighted by atomic mass is 35.5. The number of ether oxygens (including phenoxy) is 1. The predicted octanol–water partition coefficient (Wildman–Crippen LogP) is 3.17. The standard InChI is InChI=1S/C11H15ClO2S/c1-6-3-9(15-11(6)12)10(13)8-4-7(2)14-5-8/h3,7-8,10,13H,4-5H2,1-2H3. The van der Waals surface area contributed by atoms with Crippen LogP contribution in [-0.4, -0.2) is 17.8 Å². The normalized spacial score (nSPS) is 28.3. The molecule has 84 valence electrons. The van der Waals surface area contributed by atoms with Crippen LogP contribution in [0.4, 0.5) is 0 Å². The van der Waals surface area contributed by atoms with Crippen LogP contribution in [0, 0.1) is 12.8 Å². The summed E-state index contributed by atoms with van der Waals surface area (Å²) in [6.07, 6.45) is 0.766. The lowest BCUT2D eigenvalue weighted by atomic mass is 9.98. The van der Waals surface area contributed by atoms with Gasteiger partial charge in [0.2, 0.25) is 0 Å². The Bertz CT molecular complexity index is 331. The van der Waals surface area contributed by atoms with E-state index >= 15 is 0 Å². The molecule has 0 amide bonds. The number of thiophene rings is 1. The molecule has 0 saturated carbocycles. The van der Waals surface area contributed by atoms with Gasteiger partial charge < -0.3 is 9.84 Å². The number of aliphatic hydroxyl groups excluding tert-OH is 1. The Kier molecular flexibility index (Phi) is 3.36. The molecule has 2 nitrogen and oxygen atoms in total. The molecule has 1 aliphatic rings. The number of aryl methyl sites for hydroxylation is 1. The molecule has 0 aromatic carbocycles. The summed E-state index contributed by atoms with van der Waals surface area (Å²) in [5.41, 5.74) is 1.04. The Morgan fingerprint density at radius 3 is 2.87 bits per heavy atom. The summed E-state index contributed by atoms with van der Waals surface area (Å²) >= 11 is 7.46. The Labute approximate surface area is 98.8 Å². The number of halogens is 1. The fourth-order valence-corrected chi connectivity index (χ4v) is 3.23. The molecule has 2 heterocycles. The molecule has 1 saturated heterocycles. The first-order valence-corrected chi connectivity index (χ1v) is 6.33. The highest BCUT2D eigenvalue weighted by molar-refractivity contribution is 7.16. The van der Waals surface area contributed by atoms with Crippen molar-refractivity contribution < 1.29 is 9.84 Å². The van der Waals surface area contributed by atoms with Gasteiger partial charge in [-0.3, -0.25) is 0 Å². The first-order chi connectivity index (χ1) is 7.08. The van der Waals surface area contributed by atoms with E-state index in [0.717, 1.165) is 21.2 Å². The maximum Gasteiger partial charge on any atom is 0.0961 e. The van der Waals surface area contributed by atoms with E-state index in [2.05, 4.69) is 0 Å². The third kappa shape index (κ3) is 2.36. The number of hydrogen-bond donors (Lipinski definition) is 1. The highest BCUT2D eigenvalue weighted by Gasteiger charge is 2.30. The summed E-state index contributed by atoms with van der Waals surface area (Å²) < 4.78 is 6.23. The molecule has 1 aromatic heterocycles. The monoisotopic (exact) mass is 246 g/mol. The quantitative estimate of drug-likeness (QED) is 0.869. The molecule has 0 aliphatic carbocycles. The van der Waals surface area contributed by atoms with Crippen molar-refractivity contribution in [2.24, 2.45) is 5.92 Å². The van der Waals surface area contributed by atoms with Crippen LogP contribution in [0.5, 0.6) is 0 Å². The Morgan fingerprint density at radius 2 is 2.40 bits per heavy atom. The van der Waals surface area contributed by atoms with Crippen LogP contribution >= 0.6 is 22.9 Å². The molecule has 3 atom stereocenters. The average molecular weight is 247 g/mol. The van der Waals surface area contributed by atoms with Crippen LogP contribution in [-0.2, 0) is 4.74 Å². The zero-order valence-corrected chi connectivity index (χ0v) is 10.4. The van der Waals surface area contributed by atoms with Gasteiger partial charge in [-0.15, -0.1) is 11.3 Å². The van der Waals surface area contributed by atoms with Crippen molar-refractivity contribution in [2.45, 2.75) is 32.5 Å². The molecule has 1 aliphatic heterocycles. The van der Waals surface area contributed by atoms with Crippen molar-refractivity contribution in [1.82, 2.24) is 0 Å². The van der Waals surface area contributed by atoms with E-state index in [1.807, 2.05) is 19.9 Å². The minimum atomic E-state index is -0.425. The van der Waals surface area contributed by atoms with Gasteiger partial charge in [0.1, 0.15) is 0 Å². The third-order valence-corrected chi connectivity index (χ3v) is 4.47. The molecule has 1 N–H and O–H groups in total. The van der Waals surface area contributed by atoms with E-state index in [4.69, 9.17) is 16.3 Å². The highest BCUT2D eigenvalue weighted by Crippen LogP contribution is 2.37. The van der Waals surface area contributed by atoms with Gasteiger partial charge in [0, 0.05) is 10.8 Å². The maximum absolute atomic E-state index is 10.1. The van der Waals surface area contributed by atoms with E-state index in [1.54, 1.807) is 0 Å². The van der Waals surface area contributed by atoms with Crippen LogP contribution in [0.1, 0.15) is 29.9 Å². The van der Waals surface area contributed by atoms with Gasteiger partial charge in [0.15, 0.2) is 0 Å². The Hall–Kier alpha value is -0.0900. The summed E-state index contributed by atoms with van der Waals surface area (Å²) in [4.78, 5) is 0.959. The lowest BCUT2D eigenvalue weighted by molar-refractivity contribution is 0.0822. The van der Waals surface area contributed by atoms with Gasteiger partial charge >= 0.3 is 0 Å². The largest absolute Gasteiger partial charge is 0.387 e. The molecule has 4 heteroatoms. The minimum Gasteiger partial charge on any atom is -0.387 e. The molecular formula is C11H15ClO2S. The fourth-order valence-electron chi connectivity index (χ4n) is 1.93. The summed E-state index contributed by atoms with van der Waals surface area (Å²) in [5.74, 6) is 0.217. The zero-order valence-electron chi connectivity index (χ0n) is 8.87. The van der Waals surface area contributed by atoms with Crippen LogP contribution < -0.4 is 0 Å². The molecule has 1 aromatic rings. The summed E-state index contributed by atoms with van der Waals surface area (Å²) in [5, 5.41) is 10.1. The van der Waals surface area contributed by atoms with Gasteiger partial charge in [0.25, 0.3) is 0 Å². The molecule has 3 unspecified atom stereocenters. The number of aliphatic hydroxyl groups is 1. The SMILES string of the molecule is Cc1cc(C(O)C2COC(C)C2)sc1Cl. The molecule has 0 bridgehead atoms. The minimum absolute atomic E-state index is 0.217. The van der Waals surface area contributed by atoms with Gasteiger partial charge in [-0.2, -0.15) is 0 Å². The second-order valence-electron chi connectivity index (χ2n) is 4.19. The smallest absolute Gasteiger partial charge is 0.0961 e.